The number of pyridine rings is 1. The van der Waals surface area contributed by atoms with E-state index in [0.29, 0.717) is 22.0 Å². The summed E-state index contributed by atoms with van der Waals surface area (Å²) in [5.41, 5.74) is 0.980. The Morgan fingerprint density at radius 1 is 1.03 bits per heavy atom. The molecule has 2 aromatic carbocycles. The molecular weight excluding hydrogens is 460 g/mol. The van der Waals surface area contributed by atoms with E-state index in [1.165, 1.54) is 30.5 Å². The van der Waals surface area contributed by atoms with Crippen molar-refractivity contribution in [2.45, 2.75) is 18.8 Å². The van der Waals surface area contributed by atoms with Gasteiger partial charge in [0, 0.05) is 23.2 Å². The maximum atomic E-state index is 13.7. The molecule has 2 N–H and O–H groups in total. The minimum Gasteiger partial charge on any atom is -0.330 e. The van der Waals surface area contributed by atoms with Gasteiger partial charge in [-0.3, -0.25) is 9.78 Å². The summed E-state index contributed by atoms with van der Waals surface area (Å²) in [4.78, 5) is 18.4. The van der Waals surface area contributed by atoms with Crippen LogP contribution < -0.4 is 10.6 Å². The van der Waals surface area contributed by atoms with Gasteiger partial charge in [-0.25, -0.2) is 0 Å². The maximum absolute atomic E-state index is 13.7. The minimum absolute atomic E-state index is 0.105. The van der Waals surface area contributed by atoms with Crippen LogP contribution >= 0.6 is 11.6 Å². The number of fused-ring (bicyclic) bond motifs is 1. The van der Waals surface area contributed by atoms with E-state index in [-0.39, 0.29) is 25.2 Å². The first-order valence-corrected chi connectivity index (χ1v) is 9.66. The molecular formula is C21H16ClF6N3O. The monoisotopic (exact) mass is 475 g/mol. The molecule has 0 fully saturated rings. The lowest BCUT2D eigenvalue weighted by Crippen LogP contribution is -2.35. The van der Waals surface area contributed by atoms with Crippen LogP contribution in [0.1, 0.15) is 27.9 Å². The van der Waals surface area contributed by atoms with Crippen LogP contribution in [0.15, 0.2) is 48.7 Å². The molecule has 3 rings (SSSR count). The van der Waals surface area contributed by atoms with E-state index < -0.39 is 35.0 Å². The number of rotatable bonds is 5. The van der Waals surface area contributed by atoms with Crippen LogP contribution in [-0.2, 0) is 12.4 Å². The fourth-order valence-electron chi connectivity index (χ4n) is 3.34. The summed E-state index contributed by atoms with van der Waals surface area (Å²) < 4.78 is 81.1. The van der Waals surface area contributed by atoms with Gasteiger partial charge < -0.3 is 10.6 Å². The molecule has 0 bridgehead atoms. The molecule has 3 aromatic rings. The molecule has 0 aliphatic carbocycles. The topological polar surface area (TPSA) is 59.2 Å². The number of nitrogens with two attached hydrogens (primary N) is 1. The number of hydrogen-bond donors (Lipinski definition) is 1. The van der Waals surface area contributed by atoms with Gasteiger partial charge in [0.1, 0.15) is 0 Å². The number of benzene rings is 2. The van der Waals surface area contributed by atoms with E-state index in [2.05, 4.69) is 4.98 Å². The van der Waals surface area contributed by atoms with Crippen LogP contribution in [0.25, 0.3) is 10.9 Å². The molecule has 0 radical (unpaired) electrons. The molecule has 0 aliphatic rings. The number of aromatic nitrogens is 1. The van der Waals surface area contributed by atoms with Gasteiger partial charge in [0.15, 0.2) is 0 Å². The van der Waals surface area contributed by atoms with Crippen molar-refractivity contribution >= 4 is 34.1 Å². The van der Waals surface area contributed by atoms with Gasteiger partial charge in [-0.15, -0.1) is 0 Å². The summed E-state index contributed by atoms with van der Waals surface area (Å²) in [6.07, 6.45) is -9.19. The first-order valence-electron chi connectivity index (χ1n) is 9.28. The fourth-order valence-corrected chi connectivity index (χ4v) is 3.51. The number of halogens is 7. The highest BCUT2D eigenvalue weighted by Gasteiger charge is 2.46. The van der Waals surface area contributed by atoms with Crippen LogP contribution in [0.4, 0.5) is 32.0 Å². The van der Waals surface area contributed by atoms with E-state index in [1.54, 1.807) is 0 Å². The molecule has 0 aliphatic heterocycles. The van der Waals surface area contributed by atoms with E-state index in [4.69, 9.17) is 17.3 Å². The minimum atomic E-state index is -5.41. The normalized spacial score (nSPS) is 12.2. The number of amides is 1. The number of carbonyl (C=O) groups excluding carboxylic acids is 1. The van der Waals surface area contributed by atoms with Gasteiger partial charge in [-0.05, 0) is 49.4 Å². The van der Waals surface area contributed by atoms with Crippen LogP contribution in [0, 0.1) is 0 Å². The van der Waals surface area contributed by atoms with Gasteiger partial charge in [0.25, 0.3) is 5.91 Å². The van der Waals surface area contributed by atoms with Crippen molar-refractivity contribution in [1.82, 2.24) is 4.98 Å². The van der Waals surface area contributed by atoms with Crippen molar-refractivity contribution in [3.63, 3.8) is 0 Å². The average molecular weight is 476 g/mol. The molecule has 0 unspecified atom stereocenters. The van der Waals surface area contributed by atoms with Crippen molar-refractivity contribution in [2.24, 2.45) is 5.73 Å². The third-order valence-electron chi connectivity index (χ3n) is 4.69. The zero-order valence-electron chi connectivity index (χ0n) is 16.3. The Bertz CT molecular complexity index is 1150. The summed E-state index contributed by atoms with van der Waals surface area (Å²) in [7, 11) is 0. The molecule has 1 aromatic heterocycles. The van der Waals surface area contributed by atoms with E-state index in [0.717, 1.165) is 17.0 Å². The van der Waals surface area contributed by atoms with Gasteiger partial charge in [0.05, 0.1) is 27.9 Å². The first kappa shape index (κ1) is 23.8. The molecule has 4 nitrogen and oxygen atoms in total. The van der Waals surface area contributed by atoms with Gasteiger partial charge >= 0.3 is 12.4 Å². The number of carbonyl (C=O) groups is 1. The van der Waals surface area contributed by atoms with Crippen molar-refractivity contribution in [3.05, 3.63) is 70.4 Å². The quantitative estimate of drug-likeness (QED) is 0.466. The van der Waals surface area contributed by atoms with Crippen molar-refractivity contribution in [1.29, 1.82) is 0 Å². The van der Waals surface area contributed by atoms with Crippen LogP contribution in [0.5, 0.6) is 0 Å². The third-order valence-corrected chi connectivity index (χ3v) is 4.92. The van der Waals surface area contributed by atoms with Crippen molar-refractivity contribution in [2.75, 3.05) is 18.0 Å². The highest BCUT2D eigenvalue weighted by Crippen LogP contribution is 2.42. The average Bonchev–Trinajstić information content (AvgIpc) is 2.71. The maximum Gasteiger partial charge on any atom is 0.417 e. The summed E-state index contributed by atoms with van der Waals surface area (Å²) in [5.74, 6) is -1.24. The molecule has 170 valence electrons. The van der Waals surface area contributed by atoms with E-state index in [1.807, 2.05) is 0 Å². The smallest absolute Gasteiger partial charge is 0.330 e. The molecule has 1 heterocycles. The predicted molar refractivity (Wildman–Crippen MR) is 109 cm³/mol. The number of nitrogens with zero attached hydrogens (tertiary/aromatic N) is 2. The summed E-state index contributed by atoms with van der Waals surface area (Å²) in [5, 5.41) is 0.738. The van der Waals surface area contributed by atoms with Gasteiger partial charge in [0.2, 0.25) is 0 Å². The van der Waals surface area contributed by atoms with Gasteiger partial charge in [-0.1, -0.05) is 17.7 Å². The molecule has 0 spiro atoms. The van der Waals surface area contributed by atoms with Crippen LogP contribution in [0.3, 0.4) is 0 Å². The molecule has 0 atom stereocenters. The van der Waals surface area contributed by atoms with Crippen LogP contribution in [0.2, 0.25) is 5.02 Å². The summed E-state index contributed by atoms with van der Waals surface area (Å²) >= 11 is 5.96. The highest BCUT2D eigenvalue weighted by atomic mass is 35.5. The second-order valence-corrected chi connectivity index (χ2v) is 7.25. The highest BCUT2D eigenvalue weighted by molar-refractivity contribution is 6.31. The van der Waals surface area contributed by atoms with E-state index in [9.17, 15) is 31.1 Å². The van der Waals surface area contributed by atoms with Crippen LogP contribution in [-0.4, -0.2) is 24.0 Å². The molecule has 1 amide bonds. The Kier molecular flexibility index (Phi) is 6.66. The van der Waals surface area contributed by atoms with Crippen molar-refractivity contribution < 1.29 is 31.1 Å². The number of anilines is 1. The largest absolute Gasteiger partial charge is 0.417 e. The molecule has 0 saturated heterocycles. The lowest BCUT2D eigenvalue weighted by atomic mass is 9.98. The number of hydrogen-bond acceptors (Lipinski definition) is 3. The third kappa shape index (κ3) is 4.81. The summed E-state index contributed by atoms with van der Waals surface area (Å²) in [6, 6.07) is 7.73. The Hall–Kier alpha value is -2.85. The lowest BCUT2D eigenvalue weighted by Gasteiger charge is -2.26. The Balaban J connectivity index is 2.23. The second kappa shape index (κ2) is 8.95. The SMILES string of the molecule is NCCCN(C(=O)c1cccc(C(F)(F)F)c1C(F)(F)F)c1ccnc2cc(Cl)ccc12. The Morgan fingerprint density at radius 2 is 1.75 bits per heavy atom. The Morgan fingerprint density at radius 3 is 2.38 bits per heavy atom. The Labute approximate surface area is 183 Å². The van der Waals surface area contributed by atoms with Gasteiger partial charge in [-0.2, -0.15) is 26.3 Å². The molecule has 0 saturated carbocycles. The predicted octanol–water partition coefficient (Wildman–Crippen LogP) is 5.92. The zero-order valence-corrected chi connectivity index (χ0v) is 17.0. The second-order valence-electron chi connectivity index (χ2n) is 6.81. The fraction of sp³-hybridized carbons (Fsp3) is 0.238. The molecule has 11 heteroatoms. The molecule has 32 heavy (non-hydrogen) atoms. The van der Waals surface area contributed by atoms with E-state index >= 15 is 0 Å². The first-order chi connectivity index (χ1) is 14.9. The zero-order chi connectivity index (χ0) is 23.7. The number of alkyl halides is 6. The standard InChI is InChI=1S/C21H16ClF6N3O/c22-12-5-6-13-16(11-12)30-9-7-17(13)31(10-2-8-29)19(32)14-3-1-4-15(20(23,24)25)18(14)21(26,27)28/h1,3-7,9,11H,2,8,10,29H2. The summed E-state index contributed by atoms with van der Waals surface area (Å²) in [6.45, 7) is -0.0159. The van der Waals surface area contributed by atoms with Crippen molar-refractivity contribution in [3.8, 4) is 0 Å². The lowest BCUT2D eigenvalue weighted by molar-refractivity contribution is -0.162.